The summed E-state index contributed by atoms with van der Waals surface area (Å²) in [7, 11) is 0. The maximum absolute atomic E-state index is 13.9. The lowest BCUT2D eigenvalue weighted by atomic mass is 10.0. The fourth-order valence-electron chi connectivity index (χ4n) is 2.60. The van der Waals surface area contributed by atoms with E-state index < -0.39 is 0 Å². The van der Waals surface area contributed by atoms with Crippen LogP contribution in [0, 0.1) is 11.7 Å². The van der Waals surface area contributed by atoms with E-state index in [1.165, 1.54) is 12.8 Å². The van der Waals surface area contributed by atoms with Crippen molar-refractivity contribution in [3.05, 3.63) is 29.6 Å². The van der Waals surface area contributed by atoms with E-state index in [2.05, 4.69) is 44.0 Å². The van der Waals surface area contributed by atoms with Gasteiger partial charge in [-0.25, -0.2) is 4.39 Å². The van der Waals surface area contributed by atoms with Crippen molar-refractivity contribution in [2.75, 3.05) is 24.5 Å². The predicted molar refractivity (Wildman–Crippen MR) is 90.4 cm³/mol. The second kappa shape index (κ2) is 9.78. The van der Waals surface area contributed by atoms with Gasteiger partial charge in [0.1, 0.15) is 5.82 Å². The Morgan fingerprint density at radius 2 is 1.81 bits per heavy atom. The molecule has 0 aliphatic rings. The van der Waals surface area contributed by atoms with Crippen LogP contribution in [0.2, 0.25) is 0 Å². The van der Waals surface area contributed by atoms with Gasteiger partial charge in [0.15, 0.2) is 0 Å². The van der Waals surface area contributed by atoms with E-state index in [0.717, 1.165) is 43.9 Å². The summed E-state index contributed by atoms with van der Waals surface area (Å²) >= 11 is 0. The number of hydrogen-bond acceptors (Lipinski definition) is 2. The summed E-state index contributed by atoms with van der Waals surface area (Å²) in [6.07, 6.45) is 3.44. The van der Waals surface area contributed by atoms with Gasteiger partial charge in [0, 0.05) is 25.3 Å². The van der Waals surface area contributed by atoms with Crippen molar-refractivity contribution in [1.29, 1.82) is 0 Å². The normalized spacial score (nSPS) is 11.1. The number of hydrogen-bond donors (Lipinski definition) is 1. The van der Waals surface area contributed by atoms with Gasteiger partial charge in [0.25, 0.3) is 0 Å². The minimum Gasteiger partial charge on any atom is -0.371 e. The van der Waals surface area contributed by atoms with Crippen LogP contribution in [0.5, 0.6) is 0 Å². The lowest BCUT2D eigenvalue weighted by Crippen LogP contribution is -2.29. The van der Waals surface area contributed by atoms with Crippen molar-refractivity contribution in [1.82, 2.24) is 5.32 Å². The average molecular weight is 294 g/mol. The van der Waals surface area contributed by atoms with Gasteiger partial charge in [-0.2, -0.15) is 0 Å². The first-order valence-corrected chi connectivity index (χ1v) is 8.39. The Bertz CT molecular complexity index is 402. The molecule has 1 aromatic rings. The van der Waals surface area contributed by atoms with E-state index in [0.29, 0.717) is 5.92 Å². The summed E-state index contributed by atoms with van der Waals surface area (Å²) < 4.78 is 13.9. The molecular formula is C18H31FN2. The Kier molecular flexibility index (Phi) is 8.36. The topological polar surface area (TPSA) is 15.3 Å². The monoisotopic (exact) mass is 294 g/mol. The van der Waals surface area contributed by atoms with Crippen LogP contribution >= 0.6 is 0 Å². The summed E-state index contributed by atoms with van der Waals surface area (Å²) in [6, 6.07) is 5.42. The van der Waals surface area contributed by atoms with Gasteiger partial charge in [-0.1, -0.05) is 33.6 Å². The molecule has 0 spiro atoms. The Hall–Kier alpha value is -1.09. The number of benzene rings is 1. The second-order valence-corrected chi connectivity index (χ2v) is 5.72. The molecule has 0 saturated carbocycles. The van der Waals surface area contributed by atoms with Crippen LogP contribution in [0.3, 0.4) is 0 Å². The third-order valence-corrected chi connectivity index (χ3v) is 4.08. The maximum Gasteiger partial charge on any atom is 0.125 e. The highest BCUT2D eigenvalue weighted by Crippen LogP contribution is 2.21. The third kappa shape index (κ3) is 6.04. The van der Waals surface area contributed by atoms with Gasteiger partial charge >= 0.3 is 0 Å². The summed E-state index contributed by atoms with van der Waals surface area (Å²) in [4.78, 5) is 2.30. The molecule has 0 bridgehead atoms. The van der Waals surface area contributed by atoms with E-state index in [-0.39, 0.29) is 5.82 Å². The van der Waals surface area contributed by atoms with Gasteiger partial charge in [-0.3, -0.25) is 0 Å². The molecule has 120 valence electrons. The zero-order chi connectivity index (χ0) is 15.7. The number of rotatable bonds is 10. The van der Waals surface area contributed by atoms with Crippen LogP contribution < -0.4 is 10.2 Å². The maximum atomic E-state index is 13.9. The smallest absolute Gasteiger partial charge is 0.125 e. The molecule has 0 heterocycles. The van der Waals surface area contributed by atoms with Gasteiger partial charge < -0.3 is 10.2 Å². The van der Waals surface area contributed by atoms with Crippen LogP contribution in [-0.2, 0) is 6.54 Å². The van der Waals surface area contributed by atoms with E-state index in [9.17, 15) is 4.39 Å². The molecule has 21 heavy (non-hydrogen) atoms. The minimum absolute atomic E-state index is 0.135. The van der Waals surface area contributed by atoms with Crippen molar-refractivity contribution >= 4 is 5.69 Å². The standard InChI is InChI=1S/C18H31FN2/c1-5-9-20-13-16-10-17(19)12-18(11-16)21(8-4)14-15(6-2)7-3/h10-12,15,20H,5-9,13-14H2,1-4H3. The Morgan fingerprint density at radius 3 is 2.38 bits per heavy atom. The average Bonchev–Trinajstić information content (AvgIpc) is 2.48. The lowest BCUT2D eigenvalue weighted by molar-refractivity contribution is 0.485. The quantitative estimate of drug-likeness (QED) is 0.635. The molecule has 0 aliphatic heterocycles. The Balaban J connectivity index is 2.82. The highest BCUT2D eigenvalue weighted by atomic mass is 19.1. The third-order valence-electron chi connectivity index (χ3n) is 4.08. The number of halogens is 1. The highest BCUT2D eigenvalue weighted by Gasteiger charge is 2.12. The fourth-order valence-corrected chi connectivity index (χ4v) is 2.60. The molecule has 0 aliphatic carbocycles. The van der Waals surface area contributed by atoms with Crippen molar-refractivity contribution < 1.29 is 4.39 Å². The zero-order valence-electron chi connectivity index (χ0n) is 14.1. The number of nitrogens with one attached hydrogen (secondary N) is 1. The number of anilines is 1. The van der Waals surface area contributed by atoms with E-state index in [1.54, 1.807) is 12.1 Å². The highest BCUT2D eigenvalue weighted by molar-refractivity contribution is 5.49. The summed E-state index contributed by atoms with van der Waals surface area (Å²) in [5, 5.41) is 3.34. The molecule has 0 atom stereocenters. The van der Waals surface area contributed by atoms with Crippen LogP contribution in [0.1, 0.15) is 52.5 Å². The molecule has 0 aromatic heterocycles. The molecule has 0 unspecified atom stereocenters. The van der Waals surface area contributed by atoms with Gasteiger partial charge in [0.2, 0.25) is 0 Å². The first kappa shape index (κ1) is 18.0. The fraction of sp³-hybridized carbons (Fsp3) is 0.667. The molecule has 1 aromatic carbocycles. The molecule has 0 saturated heterocycles. The van der Waals surface area contributed by atoms with E-state index in [1.807, 2.05) is 0 Å². The molecular weight excluding hydrogens is 263 g/mol. The molecule has 3 heteroatoms. The zero-order valence-corrected chi connectivity index (χ0v) is 14.1. The van der Waals surface area contributed by atoms with Gasteiger partial charge in [-0.05, 0) is 49.6 Å². The van der Waals surface area contributed by atoms with E-state index in [4.69, 9.17) is 0 Å². The molecule has 1 N–H and O–H groups in total. The molecule has 1 rings (SSSR count). The summed E-state index contributed by atoms with van der Waals surface area (Å²) in [5.41, 5.74) is 2.04. The predicted octanol–water partition coefficient (Wildman–Crippen LogP) is 4.59. The first-order valence-electron chi connectivity index (χ1n) is 8.39. The van der Waals surface area contributed by atoms with Crippen LogP contribution in [-0.4, -0.2) is 19.6 Å². The Morgan fingerprint density at radius 1 is 1.10 bits per heavy atom. The molecule has 0 radical (unpaired) electrons. The molecule has 0 fully saturated rings. The van der Waals surface area contributed by atoms with E-state index >= 15 is 0 Å². The first-order chi connectivity index (χ1) is 10.1. The van der Waals surface area contributed by atoms with Crippen LogP contribution in [0.25, 0.3) is 0 Å². The molecule has 0 amide bonds. The van der Waals surface area contributed by atoms with Crippen LogP contribution in [0.4, 0.5) is 10.1 Å². The van der Waals surface area contributed by atoms with Crippen molar-refractivity contribution in [2.24, 2.45) is 5.92 Å². The largest absolute Gasteiger partial charge is 0.371 e. The lowest BCUT2D eigenvalue weighted by Gasteiger charge is -2.28. The molecule has 2 nitrogen and oxygen atoms in total. The van der Waals surface area contributed by atoms with Gasteiger partial charge in [-0.15, -0.1) is 0 Å². The minimum atomic E-state index is -0.135. The Labute approximate surface area is 129 Å². The summed E-state index contributed by atoms with van der Waals surface area (Å²) in [5.74, 6) is 0.540. The van der Waals surface area contributed by atoms with Crippen LogP contribution in [0.15, 0.2) is 18.2 Å². The van der Waals surface area contributed by atoms with Crippen molar-refractivity contribution in [3.8, 4) is 0 Å². The SMILES string of the molecule is CCCNCc1cc(F)cc(N(CC)CC(CC)CC)c1. The number of nitrogens with zero attached hydrogens (tertiary/aromatic N) is 1. The van der Waals surface area contributed by atoms with Gasteiger partial charge in [0.05, 0.1) is 0 Å². The second-order valence-electron chi connectivity index (χ2n) is 5.72. The summed E-state index contributed by atoms with van der Waals surface area (Å²) in [6.45, 7) is 12.4. The van der Waals surface area contributed by atoms with Crippen molar-refractivity contribution in [2.45, 2.75) is 53.5 Å². The van der Waals surface area contributed by atoms with Crippen molar-refractivity contribution in [3.63, 3.8) is 0 Å².